The van der Waals surface area contributed by atoms with Gasteiger partial charge in [0.15, 0.2) is 0 Å². The van der Waals surface area contributed by atoms with E-state index in [2.05, 4.69) is 29.0 Å². The van der Waals surface area contributed by atoms with Crippen molar-refractivity contribution < 1.29 is 19.9 Å². The Morgan fingerprint density at radius 2 is 1.46 bits per heavy atom. The molecule has 0 aromatic heterocycles. The van der Waals surface area contributed by atoms with Gasteiger partial charge in [-0.1, -0.05) is 11.8 Å². The maximum absolute atomic E-state index is 12.2. The normalized spacial score (nSPS) is 11.7. The molecule has 0 spiro atoms. The molecule has 2 aromatic carbocycles. The van der Waals surface area contributed by atoms with Gasteiger partial charge < -0.3 is 16.2 Å². The second kappa shape index (κ2) is 9.79. The van der Waals surface area contributed by atoms with E-state index in [1.54, 1.807) is 48.5 Å². The third-order valence-corrected chi connectivity index (χ3v) is 3.70. The summed E-state index contributed by atoms with van der Waals surface area (Å²) in [4.78, 5) is 23.8. The molecule has 0 aliphatic rings. The Hall–Kier alpha value is -3.78. The molecule has 0 radical (unpaired) electrons. The standard InChI is InChI=1S/C21H19N3O4/c1-14(22)19(21(27)24-28)23-20(26)17-10-6-15(7-11-17)4-2-3-5-16-8-12-18(25)13-9-16/h6-14,19,25,28H,22H2,1H3,(H,23,26)(H,24,27)/t14-,19+/m1/s1. The van der Waals surface area contributed by atoms with Crippen molar-refractivity contribution >= 4 is 11.8 Å². The van der Waals surface area contributed by atoms with Crippen LogP contribution in [0.15, 0.2) is 48.5 Å². The maximum atomic E-state index is 12.2. The number of amides is 2. The lowest BCUT2D eigenvalue weighted by atomic mass is 10.1. The van der Waals surface area contributed by atoms with Crippen molar-refractivity contribution in [2.75, 3.05) is 0 Å². The van der Waals surface area contributed by atoms with Crippen LogP contribution in [0.2, 0.25) is 0 Å². The Morgan fingerprint density at radius 1 is 0.964 bits per heavy atom. The number of hydrogen-bond acceptors (Lipinski definition) is 5. The van der Waals surface area contributed by atoms with E-state index in [9.17, 15) is 14.7 Å². The van der Waals surface area contributed by atoms with Crippen LogP contribution < -0.4 is 16.5 Å². The minimum absolute atomic E-state index is 0.171. The number of carbonyl (C=O) groups is 2. The molecule has 0 heterocycles. The van der Waals surface area contributed by atoms with Gasteiger partial charge in [-0.3, -0.25) is 14.8 Å². The second-order valence-electron chi connectivity index (χ2n) is 5.91. The fourth-order valence-electron chi connectivity index (χ4n) is 2.19. The maximum Gasteiger partial charge on any atom is 0.267 e. The number of phenolic OH excluding ortho intramolecular Hbond substituents is 1. The number of aromatic hydroxyl groups is 1. The van der Waals surface area contributed by atoms with Gasteiger partial charge in [-0.2, -0.15) is 0 Å². The zero-order chi connectivity index (χ0) is 20.5. The Morgan fingerprint density at radius 3 is 1.93 bits per heavy atom. The zero-order valence-electron chi connectivity index (χ0n) is 15.1. The first kappa shape index (κ1) is 20.5. The van der Waals surface area contributed by atoms with Crippen LogP contribution in [0.4, 0.5) is 0 Å². The topological polar surface area (TPSA) is 125 Å². The number of nitrogens with one attached hydrogen (secondary N) is 2. The largest absolute Gasteiger partial charge is 0.508 e. The van der Waals surface area contributed by atoms with Crippen molar-refractivity contribution in [1.29, 1.82) is 0 Å². The SMILES string of the molecule is C[C@@H](N)[C@H](NC(=O)c1ccc(C#CC#Cc2ccc(O)cc2)cc1)C(=O)NO. The number of nitrogens with two attached hydrogens (primary N) is 1. The van der Waals surface area contributed by atoms with E-state index in [4.69, 9.17) is 10.9 Å². The lowest BCUT2D eigenvalue weighted by molar-refractivity contribution is -0.131. The Labute approximate surface area is 162 Å². The number of carbonyl (C=O) groups excluding carboxylic acids is 2. The van der Waals surface area contributed by atoms with E-state index >= 15 is 0 Å². The molecule has 0 aliphatic carbocycles. The molecule has 142 valence electrons. The molecule has 2 atom stereocenters. The van der Waals surface area contributed by atoms with E-state index in [-0.39, 0.29) is 5.75 Å². The monoisotopic (exact) mass is 377 g/mol. The molecule has 7 nitrogen and oxygen atoms in total. The van der Waals surface area contributed by atoms with Gasteiger partial charge in [-0.25, -0.2) is 5.48 Å². The molecule has 2 amide bonds. The van der Waals surface area contributed by atoms with Crippen molar-refractivity contribution in [2.24, 2.45) is 5.73 Å². The number of rotatable bonds is 4. The van der Waals surface area contributed by atoms with Crippen LogP contribution in [0, 0.1) is 23.7 Å². The summed E-state index contributed by atoms with van der Waals surface area (Å²) in [6.07, 6.45) is 0. The first-order chi connectivity index (χ1) is 13.4. The Kier molecular flexibility index (Phi) is 7.18. The second-order valence-corrected chi connectivity index (χ2v) is 5.91. The van der Waals surface area contributed by atoms with Gasteiger partial charge in [0, 0.05) is 22.7 Å². The zero-order valence-corrected chi connectivity index (χ0v) is 15.1. The number of hydrogen-bond donors (Lipinski definition) is 5. The molecular formula is C21H19N3O4. The number of phenols is 1. The van der Waals surface area contributed by atoms with E-state index in [1.807, 2.05) is 0 Å². The summed E-state index contributed by atoms with van der Waals surface area (Å²) >= 11 is 0. The summed E-state index contributed by atoms with van der Waals surface area (Å²) < 4.78 is 0. The predicted molar refractivity (Wildman–Crippen MR) is 103 cm³/mol. The molecule has 6 N–H and O–H groups in total. The number of benzene rings is 2. The van der Waals surface area contributed by atoms with Crippen LogP contribution in [0.1, 0.15) is 28.4 Å². The smallest absolute Gasteiger partial charge is 0.267 e. The van der Waals surface area contributed by atoms with Crippen molar-refractivity contribution in [3.05, 3.63) is 65.2 Å². The van der Waals surface area contributed by atoms with Crippen molar-refractivity contribution in [1.82, 2.24) is 10.8 Å². The predicted octanol–water partition coefficient (Wildman–Crippen LogP) is 0.746. The molecule has 28 heavy (non-hydrogen) atoms. The molecule has 7 heteroatoms. The highest BCUT2D eigenvalue weighted by atomic mass is 16.5. The van der Waals surface area contributed by atoms with Gasteiger partial charge >= 0.3 is 0 Å². The summed E-state index contributed by atoms with van der Waals surface area (Å²) in [5, 5.41) is 20.4. The van der Waals surface area contributed by atoms with E-state index < -0.39 is 23.9 Å². The number of hydroxylamine groups is 1. The van der Waals surface area contributed by atoms with Gasteiger partial charge in [0.25, 0.3) is 11.8 Å². The highest BCUT2D eigenvalue weighted by molar-refractivity contribution is 5.97. The molecule has 0 saturated heterocycles. The minimum Gasteiger partial charge on any atom is -0.508 e. The van der Waals surface area contributed by atoms with Crippen LogP contribution in [-0.4, -0.2) is 34.2 Å². The van der Waals surface area contributed by atoms with Crippen molar-refractivity contribution in [2.45, 2.75) is 19.0 Å². The summed E-state index contributed by atoms with van der Waals surface area (Å²) in [5.74, 6) is 10.0. The first-order valence-electron chi connectivity index (χ1n) is 8.32. The Bertz CT molecular complexity index is 959. The fraction of sp³-hybridized carbons (Fsp3) is 0.143. The summed E-state index contributed by atoms with van der Waals surface area (Å²) in [5.41, 5.74) is 8.84. The molecule has 2 aromatic rings. The van der Waals surface area contributed by atoms with Crippen LogP contribution >= 0.6 is 0 Å². The van der Waals surface area contributed by atoms with Crippen molar-refractivity contribution in [3.8, 4) is 29.4 Å². The van der Waals surface area contributed by atoms with Gasteiger partial charge in [0.05, 0.1) is 0 Å². The van der Waals surface area contributed by atoms with Gasteiger partial charge in [-0.05, 0) is 67.3 Å². The lowest BCUT2D eigenvalue weighted by Crippen LogP contribution is -2.54. The minimum atomic E-state index is -1.06. The fourth-order valence-corrected chi connectivity index (χ4v) is 2.19. The van der Waals surface area contributed by atoms with Gasteiger partial charge in [-0.15, -0.1) is 0 Å². The van der Waals surface area contributed by atoms with E-state index in [0.717, 1.165) is 5.56 Å². The molecule has 0 bridgehead atoms. The average molecular weight is 377 g/mol. The van der Waals surface area contributed by atoms with Crippen LogP contribution in [0.3, 0.4) is 0 Å². The third kappa shape index (κ3) is 5.89. The Balaban J connectivity index is 2.03. The quantitative estimate of drug-likeness (QED) is 0.305. The van der Waals surface area contributed by atoms with Gasteiger partial charge in [0.2, 0.25) is 0 Å². The summed E-state index contributed by atoms with van der Waals surface area (Å²) in [6.45, 7) is 1.54. The highest BCUT2D eigenvalue weighted by Gasteiger charge is 2.24. The lowest BCUT2D eigenvalue weighted by Gasteiger charge is -2.19. The highest BCUT2D eigenvalue weighted by Crippen LogP contribution is 2.08. The summed E-state index contributed by atoms with van der Waals surface area (Å²) in [6, 6.07) is 11.1. The third-order valence-electron chi connectivity index (χ3n) is 3.70. The van der Waals surface area contributed by atoms with Crippen LogP contribution in [0.5, 0.6) is 5.75 Å². The molecule has 0 aliphatic heterocycles. The molecule has 0 fully saturated rings. The van der Waals surface area contributed by atoms with Crippen molar-refractivity contribution in [3.63, 3.8) is 0 Å². The van der Waals surface area contributed by atoms with E-state index in [0.29, 0.717) is 11.1 Å². The molecule has 2 rings (SSSR count). The average Bonchev–Trinajstić information content (AvgIpc) is 2.70. The van der Waals surface area contributed by atoms with Crippen LogP contribution in [0.25, 0.3) is 0 Å². The summed E-state index contributed by atoms with van der Waals surface area (Å²) in [7, 11) is 0. The molecule has 0 saturated carbocycles. The molecular weight excluding hydrogens is 358 g/mol. The molecule has 0 unspecified atom stereocenters. The first-order valence-corrected chi connectivity index (χ1v) is 8.32. The van der Waals surface area contributed by atoms with E-state index in [1.165, 1.54) is 12.4 Å². The van der Waals surface area contributed by atoms with Gasteiger partial charge in [0.1, 0.15) is 11.8 Å². The van der Waals surface area contributed by atoms with Crippen LogP contribution in [-0.2, 0) is 4.79 Å².